The van der Waals surface area contributed by atoms with E-state index < -0.39 is 0 Å². The summed E-state index contributed by atoms with van der Waals surface area (Å²) in [4.78, 5) is 0. The van der Waals surface area contributed by atoms with Gasteiger partial charge in [-0.05, 0) is 57.1 Å². The van der Waals surface area contributed by atoms with Crippen molar-refractivity contribution in [3.05, 3.63) is 35.9 Å². The lowest BCUT2D eigenvalue weighted by Gasteiger charge is -2.19. The molecule has 20 heavy (non-hydrogen) atoms. The minimum atomic E-state index is 0.540. The maximum Gasteiger partial charge on any atom is 0.0576 e. The van der Waals surface area contributed by atoms with Crippen molar-refractivity contribution < 1.29 is 4.74 Å². The van der Waals surface area contributed by atoms with Crippen molar-refractivity contribution >= 4 is 0 Å². The Balaban J connectivity index is 1.74. The fourth-order valence-electron chi connectivity index (χ4n) is 2.99. The Kier molecular flexibility index (Phi) is 7.10. The average molecular weight is 275 g/mol. The van der Waals surface area contributed by atoms with Gasteiger partial charge in [-0.25, -0.2) is 0 Å². The quantitative estimate of drug-likeness (QED) is 0.737. The van der Waals surface area contributed by atoms with Crippen molar-refractivity contribution in [2.45, 2.75) is 64.0 Å². The van der Waals surface area contributed by atoms with Crippen LogP contribution in [0.5, 0.6) is 0 Å². The van der Waals surface area contributed by atoms with E-state index in [4.69, 9.17) is 4.74 Å². The topological polar surface area (TPSA) is 21.3 Å². The summed E-state index contributed by atoms with van der Waals surface area (Å²) in [6.07, 6.45) is 9.19. The summed E-state index contributed by atoms with van der Waals surface area (Å²) in [5.41, 5.74) is 1.44. The highest BCUT2D eigenvalue weighted by molar-refractivity contribution is 5.15. The van der Waals surface area contributed by atoms with E-state index >= 15 is 0 Å². The van der Waals surface area contributed by atoms with Gasteiger partial charge in [0.25, 0.3) is 0 Å². The maximum absolute atomic E-state index is 5.71. The molecule has 1 heterocycles. The smallest absolute Gasteiger partial charge is 0.0576 e. The first-order chi connectivity index (χ1) is 9.88. The Morgan fingerprint density at radius 2 is 2.15 bits per heavy atom. The van der Waals surface area contributed by atoms with Crippen LogP contribution in [0, 0.1) is 0 Å². The van der Waals surface area contributed by atoms with Gasteiger partial charge in [-0.1, -0.05) is 37.3 Å². The van der Waals surface area contributed by atoms with E-state index in [0.717, 1.165) is 19.6 Å². The lowest BCUT2D eigenvalue weighted by atomic mass is 9.99. The number of nitrogens with one attached hydrogen (secondary N) is 1. The number of benzene rings is 1. The SMILES string of the molecule is CCCNC(CCCC1CCCO1)Cc1ccccc1. The Labute approximate surface area is 123 Å². The van der Waals surface area contributed by atoms with Crippen molar-refractivity contribution in [3.8, 4) is 0 Å². The van der Waals surface area contributed by atoms with Gasteiger partial charge >= 0.3 is 0 Å². The third-order valence-electron chi connectivity index (χ3n) is 4.11. The molecule has 112 valence electrons. The third kappa shape index (κ3) is 5.64. The van der Waals surface area contributed by atoms with Gasteiger partial charge in [0.05, 0.1) is 6.10 Å². The lowest BCUT2D eigenvalue weighted by Crippen LogP contribution is -2.32. The zero-order valence-corrected chi connectivity index (χ0v) is 12.8. The summed E-state index contributed by atoms with van der Waals surface area (Å²) in [5, 5.41) is 3.70. The van der Waals surface area contributed by atoms with Crippen LogP contribution in [0.25, 0.3) is 0 Å². The van der Waals surface area contributed by atoms with Crippen molar-refractivity contribution in [3.63, 3.8) is 0 Å². The molecule has 2 heteroatoms. The molecule has 0 saturated carbocycles. The number of hydrogen-bond donors (Lipinski definition) is 1. The summed E-state index contributed by atoms with van der Waals surface area (Å²) >= 11 is 0. The van der Waals surface area contributed by atoms with Crippen molar-refractivity contribution in [1.82, 2.24) is 5.32 Å². The molecule has 0 radical (unpaired) electrons. The molecule has 1 aromatic carbocycles. The van der Waals surface area contributed by atoms with Gasteiger partial charge in [-0.2, -0.15) is 0 Å². The highest BCUT2D eigenvalue weighted by Gasteiger charge is 2.16. The molecule has 1 N–H and O–H groups in total. The molecule has 2 rings (SSSR count). The van der Waals surface area contributed by atoms with Gasteiger partial charge in [0.2, 0.25) is 0 Å². The molecule has 1 aromatic rings. The first kappa shape index (κ1) is 15.5. The predicted octanol–water partition coefficient (Wildman–Crippen LogP) is 3.95. The van der Waals surface area contributed by atoms with Crippen LogP contribution in [0.3, 0.4) is 0 Å². The average Bonchev–Trinajstić information content (AvgIpc) is 2.99. The zero-order chi connectivity index (χ0) is 14.0. The van der Waals surface area contributed by atoms with Crippen molar-refractivity contribution in [2.75, 3.05) is 13.2 Å². The number of rotatable bonds is 9. The molecule has 0 spiro atoms. The molecule has 0 aromatic heterocycles. The molecule has 1 aliphatic heterocycles. The van der Waals surface area contributed by atoms with Crippen LogP contribution in [0.4, 0.5) is 0 Å². The van der Waals surface area contributed by atoms with E-state index in [9.17, 15) is 0 Å². The molecule has 1 aliphatic rings. The van der Waals surface area contributed by atoms with Crippen LogP contribution in [0.1, 0.15) is 51.0 Å². The third-order valence-corrected chi connectivity index (χ3v) is 4.11. The van der Waals surface area contributed by atoms with E-state index in [1.807, 2.05) is 0 Å². The van der Waals surface area contributed by atoms with E-state index in [0.29, 0.717) is 12.1 Å². The number of hydrogen-bond acceptors (Lipinski definition) is 2. The fraction of sp³-hybridized carbons (Fsp3) is 0.667. The summed E-state index contributed by atoms with van der Waals surface area (Å²) in [7, 11) is 0. The molecule has 0 aliphatic carbocycles. The van der Waals surface area contributed by atoms with Gasteiger partial charge in [-0.15, -0.1) is 0 Å². The summed E-state index contributed by atoms with van der Waals surface area (Å²) < 4.78 is 5.71. The minimum absolute atomic E-state index is 0.540. The second-order valence-electron chi connectivity index (χ2n) is 5.91. The molecule has 2 nitrogen and oxygen atoms in total. The highest BCUT2D eigenvalue weighted by atomic mass is 16.5. The van der Waals surface area contributed by atoms with Crippen LogP contribution in [0.15, 0.2) is 30.3 Å². The standard InChI is InChI=1S/C18H29NO/c1-2-13-19-17(15-16-8-4-3-5-9-16)10-6-11-18-12-7-14-20-18/h3-5,8-9,17-19H,2,6-7,10-15H2,1H3. The maximum atomic E-state index is 5.71. The largest absolute Gasteiger partial charge is 0.378 e. The van der Waals surface area contributed by atoms with Crippen LogP contribution in [-0.4, -0.2) is 25.3 Å². The van der Waals surface area contributed by atoms with Crippen molar-refractivity contribution in [2.24, 2.45) is 0 Å². The highest BCUT2D eigenvalue weighted by Crippen LogP contribution is 2.19. The van der Waals surface area contributed by atoms with Crippen LogP contribution < -0.4 is 5.32 Å². The second kappa shape index (κ2) is 9.15. The first-order valence-electron chi connectivity index (χ1n) is 8.27. The zero-order valence-electron chi connectivity index (χ0n) is 12.8. The summed E-state index contributed by atoms with van der Waals surface area (Å²) in [6, 6.07) is 11.5. The van der Waals surface area contributed by atoms with Crippen LogP contribution in [0.2, 0.25) is 0 Å². The van der Waals surface area contributed by atoms with Gasteiger partial charge in [-0.3, -0.25) is 0 Å². The normalized spacial score (nSPS) is 20.1. The Morgan fingerprint density at radius 3 is 2.85 bits per heavy atom. The first-order valence-corrected chi connectivity index (χ1v) is 8.27. The molecule has 0 bridgehead atoms. The van der Waals surface area contributed by atoms with Gasteiger partial charge in [0, 0.05) is 12.6 Å². The van der Waals surface area contributed by atoms with E-state index in [1.165, 1.54) is 44.1 Å². The fourth-order valence-corrected chi connectivity index (χ4v) is 2.99. The molecule has 1 saturated heterocycles. The molecular weight excluding hydrogens is 246 g/mol. The minimum Gasteiger partial charge on any atom is -0.378 e. The molecule has 0 amide bonds. The molecular formula is C18H29NO. The molecule has 2 unspecified atom stereocenters. The van der Waals surface area contributed by atoms with Gasteiger partial charge in [0.15, 0.2) is 0 Å². The molecule has 1 fully saturated rings. The summed E-state index contributed by atoms with van der Waals surface area (Å²) in [6.45, 7) is 4.34. The summed E-state index contributed by atoms with van der Waals surface area (Å²) in [5.74, 6) is 0. The van der Waals surface area contributed by atoms with Crippen molar-refractivity contribution in [1.29, 1.82) is 0 Å². The number of ether oxygens (including phenoxy) is 1. The predicted molar refractivity (Wildman–Crippen MR) is 85.1 cm³/mol. The van der Waals surface area contributed by atoms with Gasteiger partial charge < -0.3 is 10.1 Å². The van der Waals surface area contributed by atoms with E-state index in [1.54, 1.807) is 0 Å². The van der Waals surface area contributed by atoms with E-state index in [2.05, 4.69) is 42.6 Å². The van der Waals surface area contributed by atoms with E-state index in [-0.39, 0.29) is 0 Å². The monoisotopic (exact) mass is 275 g/mol. The Bertz CT molecular complexity index is 346. The Morgan fingerprint density at radius 1 is 1.30 bits per heavy atom. The second-order valence-corrected chi connectivity index (χ2v) is 5.91. The van der Waals surface area contributed by atoms with Crippen LogP contribution in [-0.2, 0) is 11.2 Å². The Hall–Kier alpha value is -0.860. The van der Waals surface area contributed by atoms with Crippen LogP contribution >= 0.6 is 0 Å². The van der Waals surface area contributed by atoms with Gasteiger partial charge in [0.1, 0.15) is 0 Å². The molecule has 2 atom stereocenters. The lowest BCUT2D eigenvalue weighted by molar-refractivity contribution is 0.101.